The van der Waals surface area contributed by atoms with E-state index in [0.717, 1.165) is 18.6 Å². The predicted molar refractivity (Wildman–Crippen MR) is 96.9 cm³/mol. The van der Waals surface area contributed by atoms with E-state index in [1.807, 2.05) is 38.1 Å². The summed E-state index contributed by atoms with van der Waals surface area (Å²) in [5, 5.41) is 12.7. The summed E-state index contributed by atoms with van der Waals surface area (Å²) in [4.78, 5) is 14.0. The molecule has 6 nitrogen and oxygen atoms in total. The van der Waals surface area contributed by atoms with Crippen molar-refractivity contribution in [3.8, 4) is 5.75 Å². The molecule has 0 radical (unpaired) electrons. The summed E-state index contributed by atoms with van der Waals surface area (Å²) < 4.78 is 11.1. The number of carbonyl (C=O) groups excluding carboxylic acids is 1. The van der Waals surface area contributed by atoms with Gasteiger partial charge in [0.2, 0.25) is 0 Å². The van der Waals surface area contributed by atoms with E-state index in [9.17, 15) is 9.90 Å². The monoisotopic (exact) mass is 350 g/mol. The minimum Gasteiger partial charge on any atom is -0.491 e. The number of rotatable bonds is 7. The van der Waals surface area contributed by atoms with Crippen molar-refractivity contribution in [1.29, 1.82) is 0 Å². The van der Waals surface area contributed by atoms with Gasteiger partial charge in [-0.15, -0.1) is 0 Å². The number of urea groups is 1. The molecule has 0 aromatic heterocycles. The molecule has 1 aliphatic rings. The van der Waals surface area contributed by atoms with Crippen LogP contribution in [0.2, 0.25) is 0 Å². The van der Waals surface area contributed by atoms with Crippen molar-refractivity contribution in [2.45, 2.75) is 32.7 Å². The second-order valence-electron chi connectivity index (χ2n) is 7.10. The van der Waals surface area contributed by atoms with Gasteiger partial charge in [-0.25, -0.2) is 4.79 Å². The highest BCUT2D eigenvalue weighted by atomic mass is 16.5. The van der Waals surface area contributed by atoms with Crippen molar-refractivity contribution < 1.29 is 19.4 Å². The van der Waals surface area contributed by atoms with E-state index in [0.29, 0.717) is 26.4 Å². The van der Waals surface area contributed by atoms with E-state index in [-0.39, 0.29) is 24.1 Å². The molecule has 1 fully saturated rings. The van der Waals surface area contributed by atoms with Gasteiger partial charge in [-0.3, -0.25) is 0 Å². The summed E-state index contributed by atoms with van der Waals surface area (Å²) in [6, 6.07) is 7.57. The summed E-state index contributed by atoms with van der Waals surface area (Å²) in [5.74, 6) is 0.793. The lowest BCUT2D eigenvalue weighted by Crippen LogP contribution is -2.50. The molecule has 2 amide bonds. The number of nitrogens with one attached hydrogen (secondary N) is 1. The van der Waals surface area contributed by atoms with E-state index < -0.39 is 0 Å². The molecule has 140 valence electrons. The SMILES string of the molecule is Cc1ccc(OCC(C)NC(=O)N(C)CC2(CO)CCOCC2)cc1. The fourth-order valence-corrected chi connectivity index (χ4v) is 2.96. The smallest absolute Gasteiger partial charge is 0.317 e. The summed E-state index contributed by atoms with van der Waals surface area (Å²) in [5.41, 5.74) is 0.924. The lowest BCUT2D eigenvalue weighted by Gasteiger charge is -2.38. The number of ether oxygens (including phenoxy) is 2. The molecule has 25 heavy (non-hydrogen) atoms. The molecular formula is C19H30N2O4. The van der Waals surface area contributed by atoms with Crippen molar-refractivity contribution in [1.82, 2.24) is 10.2 Å². The number of amides is 2. The maximum atomic E-state index is 12.4. The van der Waals surface area contributed by atoms with Gasteiger partial charge in [-0.2, -0.15) is 0 Å². The zero-order valence-electron chi connectivity index (χ0n) is 15.5. The molecule has 1 aliphatic heterocycles. The Morgan fingerprint density at radius 1 is 1.36 bits per heavy atom. The summed E-state index contributed by atoms with van der Waals surface area (Å²) in [6.07, 6.45) is 1.54. The summed E-state index contributed by atoms with van der Waals surface area (Å²) in [7, 11) is 1.76. The summed E-state index contributed by atoms with van der Waals surface area (Å²) >= 11 is 0. The molecule has 0 spiro atoms. The molecule has 0 saturated carbocycles. The number of nitrogens with zero attached hydrogens (tertiary/aromatic N) is 1. The first-order valence-electron chi connectivity index (χ1n) is 8.84. The van der Waals surface area contributed by atoms with Crippen LogP contribution in [-0.2, 0) is 4.74 Å². The Bertz CT molecular complexity index is 541. The third-order valence-electron chi connectivity index (χ3n) is 4.70. The first-order chi connectivity index (χ1) is 11.9. The van der Waals surface area contributed by atoms with E-state index in [2.05, 4.69) is 5.32 Å². The molecule has 1 aromatic carbocycles. The third-order valence-corrected chi connectivity index (χ3v) is 4.70. The van der Waals surface area contributed by atoms with Gasteiger partial charge >= 0.3 is 6.03 Å². The number of aliphatic hydroxyl groups excluding tert-OH is 1. The van der Waals surface area contributed by atoms with Gasteiger partial charge in [0.15, 0.2) is 0 Å². The lowest BCUT2D eigenvalue weighted by atomic mass is 9.80. The maximum absolute atomic E-state index is 12.4. The Balaban J connectivity index is 1.78. The van der Waals surface area contributed by atoms with Crippen LogP contribution in [0.25, 0.3) is 0 Å². The van der Waals surface area contributed by atoms with Crippen LogP contribution in [0.15, 0.2) is 24.3 Å². The number of hydrogen-bond donors (Lipinski definition) is 2. The van der Waals surface area contributed by atoms with Crippen molar-refractivity contribution in [2.75, 3.05) is 40.0 Å². The Morgan fingerprint density at radius 2 is 2.00 bits per heavy atom. The minimum absolute atomic E-state index is 0.0695. The van der Waals surface area contributed by atoms with Crippen molar-refractivity contribution in [3.63, 3.8) is 0 Å². The van der Waals surface area contributed by atoms with E-state index in [1.54, 1.807) is 11.9 Å². The van der Waals surface area contributed by atoms with E-state index in [1.165, 1.54) is 5.56 Å². The predicted octanol–water partition coefficient (Wildman–Crippen LogP) is 2.19. The van der Waals surface area contributed by atoms with Gasteiger partial charge in [0, 0.05) is 32.2 Å². The Hall–Kier alpha value is -1.79. The number of aryl methyl sites for hydroxylation is 1. The highest BCUT2D eigenvalue weighted by Gasteiger charge is 2.34. The maximum Gasteiger partial charge on any atom is 0.317 e. The second kappa shape index (κ2) is 9.06. The van der Waals surface area contributed by atoms with Crippen LogP contribution in [0, 0.1) is 12.3 Å². The first kappa shape index (κ1) is 19.5. The van der Waals surface area contributed by atoms with Gasteiger partial charge in [0.25, 0.3) is 0 Å². The van der Waals surface area contributed by atoms with E-state index >= 15 is 0 Å². The molecule has 1 aromatic rings. The highest BCUT2D eigenvalue weighted by Crippen LogP contribution is 2.30. The quantitative estimate of drug-likeness (QED) is 0.791. The molecule has 2 N–H and O–H groups in total. The molecule has 1 unspecified atom stereocenters. The molecule has 2 rings (SSSR count). The largest absolute Gasteiger partial charge is 0.491 e. The van der Waals surface area contributed by atoms with Crippen LogP contribution in [-0.4, -0.2) is 62.1 Å². The van der Waals surface area contributed by atoms with Crippen LogP contribution < -0.4 is 10.1 Å². The number of benzene rings is 1. The standard InChI is InChI=1S/C19H30N2O4/c1-15-4-6-17(7-5-15)25-12-16(2)20-18(23)21(3)13-19(14-22)8-10-24-11-9-19/h4-7,16,22H,8-14H2,1-3H3,(H,20,23). The Kier molecular flexibility index (Phi) is 7.08. The third kappa shape index (κ3) is 5.90. The fourth-order valence-electron chi connectivity index (χ4n) is 2.96. The van der Waals surface area contributed by atoms with Crippen LogP contribution in [0.4, 0.5) is 4.79 Å². The number of aliphatic hydroxyl groups is 1. The van der Waals surface area contributed by atoms with Crippen molar-refractivity contribution in [3.05, 3.63) is 29.8 Å². The van der Waals surface area contributed by atoms with Gasteiger partial charge < -0.3 is 24.8 Å². The van der Waals surface area contributed by atoms with Crippen LogP contribution in [0.3, 0.4) is 0 Å². The average Bonchev–Trinajstić information content (AvgIpc) is 2.62. The molecule has 1 atom stereocenters. The van der Waals surface area contributed by atoms with Gasteiger partial charge in [0.1, 0.15) is 12.4 Å². The van der Waals surface area contributed by atoms with Gasteiger partial charge in [0.05, 0.1) is 12.6 Å². The average molecular weight is 350 g/mol. The van der Waals surface area contributed by atoms with Crippen molar-refractivity contribution >= 4 is 6.03 Å². The van der Waals surface area contributed by atoms with Gasteiger partial charge in [-0.05, 0) is 38.8 Å². The molecule has 1 heterocycles. The zero-order valence-corrected chi connectivity index (χ0v) is 15.5. The normalized spacial score (nSPS) is 17.6. The lowest BCUT2D eigenvalue weighted by molar-refractivity contribution is -0.0262. The second-order valence-corrected chi connectivity index (χ2v) is 7.10. The van der Waals surface area contributed by atoms with Crippen molar-refractivity contribution in [2.24, 2.45) is 5.41 Å². The molecule has 1 saturated heterocycles. The minimum atomic E-state index is -0.258. The molecule has 0 aliphatic carbocycles. The van der Waals surface area contributed by atoms with Crippen LogP contribution in [0.5, 0.6) is 5.75 Å². The highest BCUT2D eigenvalue weighted by molar-refractivity contribution is 5.74. The van der Waals surface area contributed by atoms with Crippen LogP contribution >= 0.6 is 0 Å². The molecule has 0 bridgehead atoms. The van der Waals surface area contributed by atoms with Gasteiger partial charge in [-0.1, -0.05) is 17.7 Å². The topological polar surface area (TPSA) is 71.0 Å². The Morgan fingerprint density at radius 3 is 2.60 bits per heavy atom. The Labute approximate surface area is 150 Å². The number of hydrogen-bond acceptors (Lipinski definition) is 4. The number of carbonyl (C=O) groups is 1. The zero-order chi connectivity index (χ0) is 18.3. The molecular weight excluding hydrogens is 320 g/mol. The summed E-state index contributed by atoms with van der Waals surface area (Å²) in [6.45, 7) is 6.20. The van der Waals surface area contributed by atoms with E-state index in [4.69, 9.17) is 9.47 Å². The first-order valence-corrected chi connectivity index (χ1v) is 8.84. The fraction of sp³-hybridized carbons (Fsp3) is 0.632. The molecule has 6 heteroatoms. The van der Waals surface area contributed by atoms with Crippen LogP contribution in [0.1, 0.15) is 25.3 Å².